The van der Waals surface area contributed by atoms with E-state index in [4.69, 9.17) is 5.11 Å². The highest BCUT2D eigenvalue weighted by Gasteiger charge is 2.18. The molecule has 128 valence electrons. The molecule has 0 saturated heterocycles. The Kier molecular flexibility index (Phi) is 5.52. The molecule has 0 radical (unpaired) electrons. The number of hydrogen-bond donors (Lipinski definition) is 3. The minimum Gasteiger partial charge on any atom is -0.480 e. The molecule has 8 nitrogen and oxygen atoms in total. The zero-order chi connectivity index (χ0) is 17.7. The number of carbonyl (C=O) groups excluding carboxylic acids is 1. The molecule has 1 heterocycles. The normalized spacial score (nSPS) is 12.4. The van der Waals surface area contributed by atoms with E-state index in [1.807, 2.05) is 0 Å². The molecule has 1 amide bonds. The zero-order valence-corrected chi connectivity index (χ0v) is 14.2. The summed E-state index contributed by atoms with van der Waals surface area (Å²) < 4.78 is 26.7. The predicted molar refractivity (Wildman–Crippen MR) is 88.3 cm³/mol. The van der Waals surface area contributed by atoms with Gasteiger partial charge >= 0.3 is 5.97 Å². The number of amides is 1. The van der Waals surface area contributed by atoms with Crippen LogP contribution in [0.2, 0.25) is 0 Å². The fourth-order valence-electron chi connectivity index (χ4n) is 1.73. The number of nitrogens with zero attached hydrogens (tertiary/aromatic N) is 1. The number of thiazole rings is 1. The van der Waals surface area contributed by atoms with Crippen LogP contribution in [0.5, 0.6) is 0 Å². The maximum Gasteiger partial charge on any atom is 0.325 e. The fourth-order valence-corrected chi connectivity index (χ4v) is 3.71. The highest BCUT2D eigenvalue weighted by atomic mass is 32.2. The van der Waals surface area contributed by atoms with E-state index in [2.05, 4.69) is 15.0 Å². The molecule has 2 rings (SSSR count). The number of aliphatic carboxylic acids is 1. The Bertz CT molecular complexity index is 833. The number of benzene rings is 1. The lowest BCUT2D eigenvalue weighted by Gasteiger charge is -2.07. The van der Waals surface area contributed by atoms with Crippen molar-refractivity contribution in [2.45, 2.75) is 24.3 Å². The van der Waals surface area contributed by atoms with E-state index in [1.165, 1.54) is 24.4 Å². The third-order valence-electron chi connectivity index (χ3n) is 2.92. The van der Waals surface area contributed by atoms with Gasteiger partial charge in [-0.2, -0.15) is 0 Å². The lowest BCUT2D eigenvalue weighted by atomic mass is 10.3. The first-order valence-electron chi connectivity index (χ1n) is 6.82. The summed E-state index contributed by atoms with van der Waals surface area (Å²) in [6.07, 6.45) is -0.138. The number of carboxylic acids is 1. The van der Waals surface area contributed by atoms with E-state index in [0.29, 0.717) is 5.69 Å². The van der Waals surface area contributed by atoms with Crippen LogP contribution >= 0.6 is 11.3 Å². The van der Waals surface area contributed by atoms with Crippen molar-refractivity contribution in [3.05, 3.63) is 41.4 Å². The molecule has 2 aromatic rings. The molecule has 1 aromatic carbocycles. The van der Waals surface area contributed by atoms with Gasteiger partial charge in [-0.15, -0.1) is 11.3 Å². The van der Waals surface area contributed by atoms with Crippen molar-refractivity contribution in [3.63, 3.8) is 0 Å². The topological polar surface area (TPSA) is 125 Å². The lowest BCUT2D eigenvalue weighted by Crippen LogP contribution is -2.39. The Hall–Kier alpha value is -2.46. The highest BCUT2D eigenvalue weighted by Crippen LogP contribution is 2.20. The Morgan fingerprint density at radius 2 is 1.96 bits per heavy atom. The summed E-state index contributed by atoms with van der Waals surface area (Å²) in [5.41, 5.74) is 0.348. The van der Waals surface area contributed by atoms with Gasteiger partial charge in [-0.05, 0) is 19.1 Å². The molecule has 0 aliphatic rings. The maximum absolute atomic E-state index is 12.2. The van der Waals surface area contributed by atoms with Crippen LogP contribution in [0.25, 0.3) is 0 Å². The van der Waals surface area contributed by atoms with Crippen LogP contribution in [0.1, 0.15) is 12.6 Å². The average Bonchev–Trinajstić information content (AvgIpc) is 2.94. The SMILES string of the molecule is CC(NC(=O)Cc1csc(NS(=O)(=O)c2ccccc2)n1)C(=O)O. The molecule has 0 fully saturated rings. The number of hydrogen-bond acceptors (Lipinski definition) is 6. The van der Waals surface area contributed by atoms with Crippen LogP contribution in [0, 0.1) is 0 Å². The van der Waals surface area contributed by atoms with Crippen LogP contribution < -0.4 is 10.0 Å². The smallest absolute Gasteiger partial charge is 0.325 e. The molecule has 3 N–H and O–H groups in total. The first-order chi connectivity index (χ1) is 11.3. The summed E-state index contributed by atoms with van der Waals surface area (Å²) >= 11 is 1.04. The Morgan fingerprint density at radius 1 is 1.29 bits per heavy atom. The van der Waals surface area contributed by atoms with Crippen molar-refractivity contribution in [2.75, 3.05) is 4.72 Å². The molecule has 1 atom stereocenters. The molecule has 0 bridgehead atoms. The van der Waals surface area contributed by atoms with E-state index < -0.39 is 27.9 Å². The number of carboxylic acid groups (broad SMARTS) is 1. The van der Waals surface area contributed by atoms with Gasteiger partial charge in [-0.1, -0.05) is 18.2 Å². The van der Waals surface area contributed by atoms with Crippen molar-refractivity contribution in [2.24, 2.45) is 0 Å². The summed E-state index contributed by atoms with van der Waals surface area (Å²) in [7, 11) is -3.74. The van der Waals surface area contributed by atoms with Gasteiger partial charge in [-0.25, -0.2) is 13.4 Å². The number of rotatable bonds is 7. The largest absolute Gasteiger partial charge is 0.480 e. The number of carbonyl (C=O) groups is 2. The van der Waals surface area contributed by atoms with Crippen LogP contribution in [0.3, 0.4) is 0 Å². The van der Waals surface area contributed by atoms with Gasteiger partial charge < -0.3 is 10.4 Å². The van der Waals surface area contributed by atoms with Crippen molar-refractivity contribution >= 4 is 38.4 Å². The van der Waals surface area contributed by atoms with Gasteiger partial charge in [0.05, 0.1) is 17.0 Å². The average molecular weight is 369 g/mol. The van der Waals surface area contributed by atoms with Gasteiger partial charge in [0.1, 0.15) is 6.04 Å². The fraction of sp³-hybridized carbons (Fsp3) is 0.214. The minimum absolute atomic E-state index is 0.106. The van der Waals surface area contributed by atoms with E-state index in [1.54, 1.807) is 18.2 Å². The van der Waals surface area contributed by atoms with Crippen LogP contribution in [-0.2, 0) is 26.0 Å². The van der Waals surface area contributed by atoms with E-state index in [0.717, 1.165) is 11.3 Å². The van der Waals surface area contributed by atoms with Crippen molar-refractivity contribution in [1.29, 1.82) is 0 Å². The predicted octanol–water partition coefficient (Wildman–Crippen LogP) is 1.08. The van der Waals surface area contributed by atoms with E-state index >= 15 is 0 Å². The van der Waals surface area contributed by atoms with Gasteiger partial charge in [0.25, 0.3) is 10.0 Å². The molecular weight excluding hydrogens is 354 g/mol. The molecule has 0 aliphatic heterocycles. The molecule has 0 spiro atoms. The quantitative estimate of drug-likeness (QED) is 0.670. The monoisotopic (exact) mass is 369 g/mol. The first-order valence-corrected chi connectivity index (χ1v) is 9.18. The van der Waals surface area contributed by atoms with Crippen LogP contribution in [-0.4, -0.2) is 36.4 Å². The van der Waals surface area contributed by atoms with E-state index in [9.17, 15) is 18.0 Å². The Balaban J connectivity index is 2.01. The van der Waals surface area contributed by atoms with Crippen molar-refractivity contribution in [1.82, 2.24) is 10.3 Å². The van der Waals surface area contributed by atoms with Gasteiger partial charge in [-0.3, -0.25) is 14.3 Å². The molecule has 24 heavy (non-hydrogen) atoms. The van der Waals surface area contributed by atoms with E-state index in [-0.39, 0.29) is 16.4 Å². The zero-order valence-electron chi connectivity index (χ0n) is 12.6. The number of aromatic nitrogens is 1. The second kappa shape index (κ2) is 7.41. The highest BCUT2D eigenvalue weighted by molar-refractivity contribution is 7.93. The number of sulfonamides is 1. The van der Waals surface area contributed by atoms with Crippen LogP contribution in [0.4, 0.5) is 5.13 Å². The summed E-state index contributed by atoms with van der Waals surface area (Å²) in [4.78, 5) is 26.5. The summed E-state index contributed by atoms with van der Waals surface area (Å²) in [5.74, 6) is -1.65. The molecule has 1 unspecified atom stereocenters. The molecular formula is C14H15N3O5S2. The second-order valence-corrected chi connectivity index (χ2v) is 7.41. The summed E-state index contributed by atoms with van der Waals surface area (Å²) in [5, 5.41) is 12.7. The van der Waals surface area contributed by atoms with Crippen molar-refractivity contribution in [3.8, 4) is 0 Å². The molecule has 10 heteroatoms. The van der Waals surface area contributed by atoms with Crippen molar-refractivity contribution < 1.29 is 23.1 Å². The minimum atomic E-state index is -3.74. The molecule has 0 saturated carbocycles. The van der Waals surface area contributed by atoms with Gasteiger partial charge in [0, 0.05) is 5.38 Å². The number of nitrogens with one attached hydrogen (secondary N) is 2. The first kappa shape index (κ1) is 17.9. The van der Waals surface area contributed by atoms with Gasteiger partial charge in [0.15, 0.2) is 5.13 Å². The van der Waals surface area contributed by atoms with Gasteiger partial charge in [0.2, 0.25) is 5.91 Å². The standard InChI is InChI=1S/C14H15N3O5S2/c1-9(13(19)20)15-12(18)7-10-8-23-14(16-10)17-24(21,22)11-5-3-2-4-6-11/h2-6,8-9H,7H2,1H3,(H,15,18)(H,16,17)(H,19,20). The maximum atomic E-state index is 12.2. The second-order valence-electron chi connectivity index (χ2n) is 4.87. The Morgan fingerprint density at radius 3 is 2.58 bits per heavy atom. The summed E-state index contributed by atoms with van der Waals surface area (Å²) in [6, 6.07) is 6.82. The van der Waals surface area contributed by atoms with Crippen LogP contribution in [0.15, 0.2) is 40.6 Å². The Labute approximate surface area is 142 Å². The molecule has 1 aromatic heterocycles. The molecule has 0 aliphatic carbocycles. The third kappa shape index (κ3) is 4.77. The number of anilines is 1. The third-order valence-corrected chi connectivity index (χ3v) is 5.21. The summed E-state index contributed by atoms with van der Waals surface area (Å²) in [6.45, 7) is 1.35. The lowest BCUT2D eigenvalue weighted by molar-refractivity contribution is -0.141.